The van der Waals surface area contributed by atoms with Crippen molar-refractivity contribution in [3.05, 3.63) is 29.6 Å². The van der Waals surface area contributed by atoms with Gasteiger partial charge in [-0.1, -0.05) is 0 Å². The average molecular weight is 289 g/mol. The van der Waals surface area contributed by atoms with Crippen LogP contribution in [0.3, 0.4) is 0 Å². The Balaban J connectivity index is 2.59. The van der Waals surface area contributed by atoms with E-state index in [0.29, 0.717) is 12.1 Å². The fraction of sp³-hybridized carbons (Fsp3) is 0.333. The van der Waals surface area contributed by atoms with Crippen molar-refractivity contribution in [2.75, 3.05) is 0 Å². The lowest BCUT2D eigenvalue weighted by Crippen LogP contribution is -2.15. The first kappa shape index (κ1) is 14.2. The van der Waals surface area contributed by atoms with Crippen molar-refractivity contribution in [2.24, 2.45) is 0 Å². The highest BCUT2D eigenvalue weighted by Crippen LogP contribution is 2.32. The number of benzene rings is 1. The molecule has 0 saturated heterocycles. The molecule has 1 aromatic heterocycles. The van der Waals surface area contributed by atoms with E-state index in [2.05, 4.69) is 4.98 Å². The number of hydrogen-bond acceptors (Lipinski definition) is 2. The Morgan fingerprint density at radius 2 is 1.85 bits per heavy atom. The van der Waals surface area contributed by atoms with Crippen molar-refractivity contribution in [3.8, 4) is 6.07 Å². The number of nitrogens with zero attached hydrogens (tertiary/aromatic N) is 3. The van der Waals surface area contributed by atoms with E-state index in [9.17, 15) is 22.0 Å². The van der Waals surface area contributed by atoms with E-state index in [1.54, 1.807) is 0 Å². The fourth-order valence-electron chi connectivity index (χ4n) is 1.88. The van der Waals surface area contributed by atoms with Gasteiger partial charge >= 0.3 is 6.18 Å². The number of halogens is 5. The number of imidazole rings is 1. The Hall–Kier alpha value is -2.17. The molecule has 0 fully saturated rings. The molecule has 2 rings (SSSR count). The summed E-state index contributed by atoms with van der Waals surface area (Å²) in [6.07, 6.45) is -4.52. The molecular weight excluding hydrogens is 281 g/mol. The summed E-state index contributed by atoms with van der Waals surface area (Å²) >= 11 is 0. The first-order chi connectivity index (χ1) is 9.34. The van der Waals surface area contributed by atoms with E-state index in [-0.39, 0.29) is 30.4 Å². The summed E-state index contributed by atoms with van der Waals surface area (Å²) in [7, 11) is 0. The second-order valence-electron chi connectivity index (χ2n) is 4.10. The molecule has 0 unspecified atom stereocenters. The summed E-state index contributed by atoms with van der Waals surface area (Å²) < 4.78 is 65.6. The highest BCUT2D eigenvalue weighted by Gasteiger charge is 2.37. The van der Waals surface area contributed by atoms with E-state index in [4.69, 9.17) is 5.26 Å². The molecule has 106 valence electrons. The van der Waals surface area contributed by atoms with Crippen LogP contribution in [0.15, 0.2) is 12.1 Å². The first-order valence-corrected chi connectivity index (χ1v) is 5.64. The third-order valence-corrected chi connectivity index (χ3v) is 2.71. The van der Waals surface area contributed by atoms with Gasteiger partial charge in [-0.25, -0.2) is 13.8 Å². The van der Waals surface area contributed by atoms with Crippen LogP contribution < -0.4 is 0 Å². The molecule has 0 aliphatic heterocycles. The molecule has 20 heavy (non-hydrogen) atoms. The molecule has 3 nitrogen and oxygen atoms in total. The molecule has 0 radical (unpaired) electrons. The zero-order valence-electron chi connectivity index (χ0n) is 10.0. The Morgan fingerprint density at radius 1 is 1.20 bits per heavy atom. The molecule has 0 aliphatic rings. The molecule has 1 aromatic carbocycles. The van der Waals surface area contributed by atoms with Crippen molar-refractivity contribution in [2.45, 2.75) is 25.6 Å². The lowest BCUT2D eigenvalue weighted by Gasteiger charge is -2.10. The highest BCUT2D eigenvalue weighted by atomic mass is 19.4. The Kier molecular flexibility index (Phi) is 3.61. The third-order valence-electron chi connectivity index (χ3n) is 2.71. The number of aryl methyl sites for hydroxylation is 1. The smallest absolute Gasteiger partial charge is 0.320 e. The molecule has 0 saturated carbocycles. The Morgan fingerprint density at radius 3 is 2.45 bits per heavy atom. The molecule has 0 atom stereocenters. The van der Waals surface area contributed by atoms with Crippen LogP contribution in [0.2, 0.25) is 0 Å². The van der Waals surface area contributed by atoms with Crippen LogP contribution in [0.4, 0.5) is 22.0 Å². The summed E-state index contributed by atoms with van der Waals surface area (Å²) in [6.45, 7) is -0.149. The summed E-state index contributed by atoms with van der Waals surface area (Å²) in [6, 6.07) is 3.11. The number of nitriles is 1. The van der Waals surface area contributed by atoms with Crippen molar-refractivity contribution >= 4 is 11.0 Å². The van der Waals surface area contributed by atoms with Gasteiger partial charge in [0.25, 0.3) is 0 Å². The minimum absolute atomic E-state index is 0.0562. The average Bonchev–Trinajstić information content (AvgIpc) is 2.69. The van der Waals surface area contributed by atoms with Gasteiger partial charge in [0.2, 0.25) is 5.82 Å². The number of alkyl halides is 3. The first-order valence-electron chi connectivity index (χ1n) is 5.64. The van der Waals surface area contributed by atoms with E-state index < -0.39 is 23.6 Å². The third kappa shape index (κ3) is 2.57. The maximum atomic E-state index is 13.2. The van der Waals surface area contributed by atoms with Crippen LogP contribution in [-0.2, 0) is 12.7 Å². The molecular formula is C12H8F5N3. The van der Waals surface area contributed by atoms with E-state index >= 15 is 0 Å². The molecule has 0 N–H and O–H groups in total. The molecule has 1 heterocycles. The maximum absolute atomic E-state index is 13.2. The second kappa shape index (κ2) is 5.07. The van der Waals surface area contributed by atoms with Crippen LogP contribution in [0, 0.1) is 23.0 Å². The predicted molar refractivity (Wildman–Crippen MR) is 59.5 cm³/mol. The van der Waals surface area contributed by atoms with Crippen molar-refractivity contribution in [1.29, 1.82) is 5.26 Å². The number of fused-ring (bicyclic) bond motifs is 1. The van der Waals surface area contributed by atoms with Gasteiger partial charge in [-0.15, -0.1) is 0 Å². The minimum atomic E-state index is -4.74. The zero-order valence-corrected chi connectivity index (χ0v) is 10.0. The second-order valence-corrected chi connectivity index (χ2v) is 4.10. The van der Waals surface area contributed by atoms with Gasteiger partial charge in [0.05, 0.1) is 17.1 Å². The normalized spacial score (nSPS) is 11.8. The minimum Gasteiger partial charge on any atom is -0.320 e. The Labute approximate surface area is 110 Å². The van der Waals surface area contributed by atoms with Gasteiger partial charge in [-0.05, 0) is 6.42 Å². The quantitative estimate of drug-likeness (QED) is 0.639. The van der Waals surface area contributed by atoms with Crippen molar-refractivity contribution < 1.29 is 22.0 Å². The largest absolute Gasteiger partial charge is 0.449 e. The summed E-state index contributed by atoms with van der Waals surface area (Å²) in [4.78, 5) is 3.31. The van der Waals surface area contributed by atoms with Crippen molar-refractivity contribution in [1.82, 2.24) is 9.55 Å². The van der Waals surface area contributed by atoms with Crippen LogP contribution in [0.5, 0.6) is 0 Å². The molecule has 0 aliphatic carbocycles. The van der Waals surface area contributed by atoms with Gasteiger partial charge in [-0.3, -0.25) is 0 Å². The number of rotatable bonds is 3. The van der Waals surface area contributed by atoms with Gasteiger partial charge in [0, 0.05) is 25.1 Å². The van der Waals surface area contributed by atoms with E-state index in [0.717, 1.165) is 4.57 Å². The van der Waals surface area contributed by atoms with E-state index in [1.165, 1.54) is 0 Å². The lowest BCUT2D eigenvalue weighted by atomic mass is 10.2. The zero-order chi connectivity index (χ0) is 14.9. The molecule has 0 amide bonds. The van der Waals surface area contributed by atoms with Crippen molar-refractivity contribution in [3.63, 3.8) is 0 Å². The SMILES string of the molecule is N#CCCCn1c(C(F)(F)F)nc2cc(F)c(F)cc21. The highest BCUT2D eigenvalue weighted by molar-refractivity contribution is 5.76. The predicted octanol–water partition coefficient (Wildman–Crippen LogP) is 3.64. The number of hydrogen-bond donors (Lipinski definition) is 0. The standard InChI is InChI=1S/C12H8F5N3/c13-7-5-9-10(6-8(7)14)20(4-2-1-3-18)11(19-9)12(15,16)17/h5-6H,1-2,4H2. The number of aromatic nitrogens is 2. The van der Waals surface area contributed by atoms with Crippen LogP contribution in [0.25, 0.3) is 11.0 Å². The Bertz CT molecular complexity index is 681. The van der Waals surface area contributed by atoms with Crippen LogP contribution in [0.1, 0.15) is 18.7 Å². The summed E-state index contributed by atoms with van der Waals surface area (Å²) in [5, 5.41) is 8.41. The molecule has 8 heteroatoms. The van der Waals surface area contributed by atoms with Gasteiger partial charge in [0.15, 0.2) is 11.6 Å². The lowest BCUT2D eigenvalue weighted by molar-refractivity contribution is -0.146. The topological polar surface area (TPSA) is 41.6 Å². The molecule has 0 spiro atoms. The number of unbranched alkanes of at least 4 members (excludes halogenated alkanes) is 1. The van der Waals surface area contributed by atoms with Gasteiger partial charge < -0.3 is 4.57 Å². The molecule has 0 bridgehead atoms. The fourth-order valence-corrected chi connectivity index (χ4v) is 1.88. The van der Waals surface area contributed by atoms with Crippen LogP contribution in [-0.4, -0.2) is 9.55 Å². The van der Waals surface area contributed by atoms with Gasteiger partial charge in [-0.2, -0.15) is 18.4 Å². The maximum Gasteiger partial charge on any atom is 0.449 e. The molecule has 2 aromatic rings. The summed E-state index contributed by atoms with van der Waals surface area (Å²) in [5.74, 6) is -3.73. The summed E-state index contributed by atoms with van der Waals surface area (Å²) in [5.41, 5.74) is -0.414. The van der Waals surface area contributed by atoms with Crippen LogP contribution >= 0.6 is 0 Å². The van der Waals surface area contributed by atoms with Gasteiger partial charge in [0.1, 0.15) is 0 Å². The van der Waals surface area contributed by atoms with E-state index in [1.807, 2.05) is 6.07 Å². The monoisotopic (exact) mass is 289 g/mol.